The molecule has 2 unspecified atom stereocenters. The molecule has 0 aromatic carbocycles. The molecule has 0 saturated heterocycles. The average molecular weight is 193 g/mol. The van der Waals surface area contributed by atoms with Gasteiger partial charge in [-0.3, -0.25) is 0 Å². The largest absolute Gasteiger partial charge is 0.332 e. The van der Waals surface area contributed by atoms with Crippen molar-refractivity contribution in [2.75, 3.05) is 0 Å². The molecular formula is C11H19N3. The van der Waals surface area contributed by atoms with E-state index >= 15 is 0 Å². The summed E-state index contributed by atoms with van der Waals surface area (Å²) in [7, 11) is 0. The molecular weight excluding hydrogens is 174 g/mol. The van der Waals surface area contributed by atoms with Crippen LogP contribution in [0.25, 0.3) is 0 Å². The summed E-state index contributed by atoms with van der Waals surface area (Å²) in [5.74, 6) is 1.91. The van der Waals surface area contributed by atoms with Crippen molar-refractivity contribution in [1.29, 1.82) is 0 Å². The fraction of sp³-hybridized carbons (Fsp3) is 0.727. The quantitative estimate of drug-likeness (QED) is 0.773. The van der Waals surface area contributed by atoms with Gasteiger partial charge in [0.15, 0.2) is 0 Å². The summed E-state index contributed by atoms with van der Waals surface area (Å²) in [6, 6.07) is 0.329. The lowest BCUT2D eigenvalue weighted by atomic mass is 9.90. The minimum Gasteiger partial charge on any atom is -0.332 e. The Kier molecular flexibility index (Phi) is 2.59. The van der Waals surface area contributed by atoms with Crippen LogP contribution in [0, 0.1) is 12.8 Å². The van der Waals surface area contributed by atoms with Gasteiger partial charge in [0.25, 0.3) is 0 Å². The van der Waals surface area contributed by atoms with Gasteiger partial charge >= 0.3 is 0 Å². The summed E-state index contributed by atoms with van der Waals surface area (Å²) in [6.07, 6.45) is 5.57. The van der Waals surface area contributed by atoms with E-state index in [1.54, 1.807) is 0 Å². The van der Waals surface area contributed by atoms with Crippen LogP contribution in [0.15, 0.2) is 6.20 Å². The molecule has 0 spiro atoms. The van der Waals surface area contributed by atoms with Gasteiger partial charge in [0, 0.05) is 24.5 Å². The van der Waals surface area contributed by atoms with Crippen molar-refractivity contribution in [3.05, 3.63) is 17.7 Å². The lowest BCUT2D eigenvalue weighted by Gasteiger charge is -2.25. The third-order valence-electron chi connectivity index (χ3n) is 3.10. The maximum Gasteiger partial charge on any atom is 0.105 e. The maximum absolute atomic E-state index is 5.83. The van der Waals surface area contributed by atoms with Crippen LogP contribution in [-0.4, -0.2) is 15.6 Å². The Bertz CT molecular complexity index is 314. The predicted octanol–water partition coefficient (Wildman–Crippen LogP) is 1.49. The van der Waals surface area contributed by atoms with Crippen LogP contribution < -0.4 is 5.73 Å². The molecule has 0 fully saturated rings. The van der Waals surface area contributed by atoms with Crippen molar-refractivity contribution in [2.45, 2.75) is 45.7 Å². The molecule has 0 bridgehead atoms. The van der Waals surface area contributed by atoms with E-state index in [9.17, 15) is 0 Å². The Balaban J connectivity index is 2.06. The molecule has 78 valence electrons. The second kappa shape index (κ2) is 3.73. The van der Waals surface area contributed by atoms with Gasteiger partial charge in [-0.05, 0) is 39.0 Å². The number of fused-ring (bicyclic) bond motifs is 1. The van der Waals surface area contributed by atoms with E-state index in [0.717, 1.165) is 31.1 Å². The van der Waals surface area contributed by atoms with Gasteiger partial charge in [-0.25, -0.2) is 4.98 Å². The molecule has 0 aliphatic carbocycles. The molecule has 2 heterocycles. The third-order valence-corrected chi connectivity index (χ3v) is 3.10. The van der Waals surface area contributed by atoms with Crippen LogP contribution in [0.5, 0.6) is 0 Å². The number of hydrogen-bond acceptors (Lipinski definition) is 2. The summed E-state index contributed by atoms with van der Waals surface area (Å²) >= 11 is 0. The van der Waals surface area contributed by atoms with Gasteiger partial charge in [-0.15, -0.1) is 0 Å². The summed E-state index contributed by atoms with van der Waals surface area (Å²) < 4.78 is 2.33. The molecule has 1 aliphatic heterocycles. The fourth-order valence-electron chi connectivity index (χ4n) is 2.42. The van der Waals surface area contributed by atoms with Crippen molar-refractivity contribution in [3.8, 4) is 0 Å². The normalized spacial score (nSPS) is 23.2. The molecule has 3 nitrogen and oxygen atoms in total. The monoisotopic (exact) mass is 193 g/mol. The second-order valence-corrected chi connectivity index (χ2v) is 4.52. The van der Waals surface area contributed by atoms with Crippen molar-refractivity contribution in [2.24, 2.45) is 11.7 Å². The van der Waals surface area contributed by atoms with Crippen LogP contribution in [0.3, 0.4) is 0 Å². The van der Waals surface area contributed by atoms with Crippen LogP contribution in [0.1, 0.15) is 31.3 Å². The van der Waals surface area contributed by atoms with Gasteiger partial charge in [-0.2, -0.15) is 0 Å². The summed E-state index contributed by atoms with van der Waals surface area (Å²) in [5, 5.41) is 0. The first-order valence-corrected chi connectivity index (χ1v) is 5.43. The van der Waals surface area contributed by atoms with Crippen LogP contribution in [-0.2, 0) is 13.0 Å². The van der Waals surface area contributed by atoms with Crippen LogP contribution >= 0.6 is 0 Å². The number of aryl methyl sites for hydroxylation is 1. The molecule has 3 heteroatoms. The van der Waals surface area contributed by atoms with E-state index < -0.39 is 0 Å². The lowest BCUT2D eigenvalue weighted by Crippen LogP contribution is -2.26. The first-order valence-electron chi connectivity index (χ1n) is 5.43. The number of rotatable bonds is 2. The second-order valence-electron chi connectivity index (χ2n) is 4.52. The molecule has 1 aromatic heterocycles. The number of imidazole rings is 1. The highest BCUT2D eigenvalue weighted by atomic mass is 15.1. The van der Waals surface area contributed by atoms with E-state index in [4.69, 9.17) is 5.73 Å². The zero-order chi connectivity index (χ0) is 10.1. The number of hydrogen-bond donors (Lipinski definition) is 1. The molecule has 14 heavy (non-hydrogen) atoms. The zero-order valence-electron chi connectivity index (χ0n) is 9.03. The van der Waals surface area contributed by atoms with Gasteiger partial charge in [-0.1, -0.05) is 0 Å². The number of aromatic nitrogens is 2. The van der Waals surface area contributed by atoms with Crippen molar-refractivity contribution in [3.63, 3.8) is 0 Å². The van der Waals surface area contributed by atoms with Crippen molar-refractivity contribution >= 4 is 0 Å². The zero-order valence-corrected chi connectivity index (χ0v) is 9.03. The average Bonchev–Trinajstić information content (AvgIpc) is 2.46. The third kappa shape index (κ3) is 1.82. The van der Waals surface area contributed by atoms with Gasteiger partial charge in [0.05, 0.1) is 0 Å². The van der Waals surface area contributed by atoms with E-state index in [-0.39, 0.29) is 0 Å². The smallest absolute Gasteiger partial charge is 0.105 e. The summed E-state index contributed by atoms with van der Waals surface area (Å²) in [5.41, 5.74) is 7.21. The fourth-order valence-corrected chi connectivity index (χ4v) is 2.42. The molecule has 0 amide bonds. The predicted molar refractivity (Wildman–Crippen MR) is 57.0 cm³/mol. The number of nitrogens with two attached hydrogens (primary N) is 1. The molecule has 2 atom stereocenters. The SMILES string of the molecule is Cc1ncc2n1CCC(CC(C)N)C2. The lowest BCUT2D eigenvalue weighted by molar-refractivity contribution is 0.346. The van der Waals surface area contributed by atoms with Gasteiger partial charge in [0.1, 0.15) is 5.82 Å². The molecule has 1 aromatic rings. The molecule has 1 aliphatic rings. The number of nitrogens with zero attached hydrogens (tertiary/aromatic N) is 2. The minimum atomic E-state index is 0.329. The molecule has 0 saturated carbocycles. The first kappa shape index (κ1) is 9.71. The standard InChI is InChI=1S/C11H19N3/c1-8(12)5-10-3-4-14-9(2)13-7-11(14)6-10/h7-8,10H,3-6,12H2,1-2H3. The van der Waals surface area contributed by atoms with E-state index in [1.165, 1.54) is 12.1 Å². The Morgan fingerprint density at radius 3 is 3.21 bits per heavy atom. The molecule has 2 rings (SSSR count). The van der Waals surface area contributed by atoms with Crippen LogP contribution in [0.2, 0.25) is 0 Å². The van der Waals surface area contributed by atoms with Gasteiger partial charge < -0.3 is 10.3 Å². The van der Waals surface area contributed by atoms with Gasteiger partial charge in [0.2, 0.25) is 0 Å². The highest BCUT2D eigenvalue weighted by Gasteiger charge is 2.20. The summed E-state index contributed by atoms with van der Waals surface area (Å²) in [4.78, 5) is 4.34. The molecule has 2 N–H and O–H groups in total. The Labute approximate surface area is 85.3 Å². The first-order chi connectivity index (χ1) is 6.66. The Morgan fingerprint density at radius 2 is 2.50 bits per heavy atom. The van der Waals surface area contributed by atoms with Crippen LogP contribution in [0.4, 0.5) is 0 Å². The van der Waals surface area contributed by atoms with Crippen molar-refractivity contribution < 1.29 is 0 Å². The highest BCUT2D eigenvalue weighted by Crippen LogP contribution is 2.24. The minimum absolute atomic E-state index is 0.329. The molecule has 0 radical (unpaired) electrons. The maximum atomic E-state index is 5.83. The topological polar surface area (TPSA) is 43.8 Å². The van der Waals surface area contributed by atoms with E-state index in [0.29, 0.717) is 6.04 Å². The van der Waals surface area contributed by atoms with E-state index in [2.05, 4.69) is 23.4 Å². The van der Waals surface area contributed by atoms with Crippen molar-refractivity contribution in [1.82, 2.24) is 9.55 Å². The summed E-state index contributed by atoms with van der Waals surface area (Å²) in [6.45, 7) is 5.30. The Morgan fingerprint density at radius 1 is 1.71 bits per heavy atom. The van der Waals surface area contributed by atoms with E-state index in [1.807, 2.05) is 6.20 Å². The Hall–Kier alpha value is -0.830. The highest BCUT2D eigenvalue weighted by molar-refractivity contribution is 5.08.